The predicted octanol–water partition coefficient (Wildman–Crippen LogP) is 2.05. The van der Waals surface area contributed by atoms with E-state index in [1.807, 2.05) is 0 Å². The summed E-state index contributed by atoms with van der Waals surface area (Å²) in [6.07, 6.45) is 1.42. The molecule has 2 N–H and O–H groups in total. The van der Waals surface area contributed by atoms with Crippen LogP contribution in [0, 0.1) is 12.7 Å². The van der Waals surface area contributed by atoms with Gasteiger partial charge in [-0.1, -0.05) is 6.07 Å². The second-order valence-corrected chi connectivity index (χ2v) is 6.23. The molecular weight excluding hydrogens is 293 g/mol. The van der Waals surface area contributed by atoms with Crippen molar-refractivity contribution in [2.75, 3.05) is 11.8 Å². The van der Waals surface area contributed by atoms with Crippen molar-refractivity contribution in [3.05, 3.63) is 53.6 Å². The van der Waals surface area contributed by atoms with E-state index in [4.69, 9.17) is 0 Å². The number of hydrogen-bond acceptors (Lipinski definition) is 4. The summed E-state index contributed by atoms with van der Waals surface area (Å²) < 4.78 is 40.6. The van der Waals surface area contributed by atoms with Crippen LogP contribution in [0.1, 0.15) is 11.3 Å². The lowest BCUT2D eigenvalue weighted by atomic mass is 10.2. The summed E-state index contributed by atoms with van der Waals surface area (Å²) in [6.45, 7) is 2.12. The maximum atomic E-state index is 13.4. The van der Waals surface area contributed by atoms with Crippen molar-refractivity contribution in [3.8, 4) is 0 Å². The van der Waals surface area contributed by atoms with Crippen molar-refractivity contribution in [1.29, 1.82) is 0 Å². The highest BCUT2D eigenvalue weighted by molar-refractivity contribution is 7.92. The average molecular weight is 309 g/mol. The zero-order chi connectivity index (χ0) is 15.5. The number of rotatable bonds is 5. The molecule has 2 rings (SSSR count). The molecule has 0 aliphatic rings. The van der Waals surface area contributed by atoms with Crippen LogP contribution in [-0.2, 0) is 16.6 Å². The number of aromatic nitrogens is 1. The molecule has 2 aromatic rings. The Morgan fingerprint density at radius 3 is 2.62 bits per heavy atom. The highest BCUT2D eigenvalue weighted by Crippen LogP contribution is 2.20. The third kappa shape index (κ3) is 3.77. The Bertz CT molecular complexity index is 730. The van der Waals surface area contributed by atoms with Gasteiger partial charge in [-0.05, 0) is 43.8 Å². The van der Waals surface area contributed by atoms with E-state index >= 15 is 0 Å². The fraction of sp³-hybridized carbons (Fsp3) is 0.214. The summed E-state index contributed by atoms with van der Waals surface area (Å²) >= 11 is 0. The van der Waals surface area contributed by atoms with E-state index in [1.54, 1.807) is 26.1 Å². The van der Waals surface area contributed by atoms with Crippen molar-refractivity contribution in [2.45, 2.75) is 18.4 Å². The smallest absolute Gasteiger partial charge is 0.262 e. The number of halogens is 1. The SMILES string of the molecule is CNCc1ccc(F)cc1S(=O)(=O)Nc1ccc(C)nc1. The molecule has 0 amide bonds. The molecule has 1 aromatic heterocycles. The standard InChI is InChI=1S/C14H16FN3O2S/c1-10-3-6-13(9-17-10)18-21(19,20)14-7-12(15)5-4-11(14)8-16-2/h3-7,9,16,18H,8H2,1-2H3. The summed E-state index contributed by atoms with van der Waals surface area (Å²) in [4.78, 5) is 3.93. The first kappa shape index (κ1) is 15.4. The summed E-state index contributed by atoms with van der Waals surface area (Å²) in [6, 6.07) is 7.00. The Balaban J connectivity index is 2.39. The fourth-order valence-electron chi connectivity index (χ4n) is 1.85. The number of nitrogens with zero attached hydrogens (tertiary/aromatic N) is 1. The van der Waals surface area contributed by atoms with Gasteiger partial charge in [-0.25, -0.2) is 12.8 Å². The van der Waals surface area contributed by atoms with Gasteiger partial charge in [0.1, 0.15) is 5.82 Å². The Morgan fingerprint density at radius 1 is 1.24 bits per heavy atom. The van der Waals surface area contributed by atoms with Gasteiger partial charge >= 0.3 is 0 Å². The van der Waals surface area contributed by atoms with Gasteiger partial charge in [-0.15, -0.1) is 0 Å². The van der Waals surface area contributed by atoms with Crippen LogP contribution in [0.25, 0.3) is 0 Å². The van der Waals surface area contributed by atoms with Crippen LogP contribution in [0.4, 0.5) is 10.1 Å². The molecule has 1 aromatic carbocycles. The molecule has 5 nitrogen and oxygen atoms in total. The Hall–Kier alpha value is -1.99. The van der Waals surface area contributed by atoms with Gasteiger partial charge in [0.05, 0.1) is 16.8 Å². The van der Waals surface area contributed by atoms with Crippen LogP contribution < -0.4 is 10.0 Å². The number of benzene rings is 1. The van der Waals surface area contributed by atoms with Gasteiger partial charge in [-0.2, -0.15) is 0 Å². The van der Waals surface area contributed by atoms with Crippen molar-refractivity contribution < 1.29 is 12.8 Å². The second-order valence-electron chi connectivity index (χ2n) is 4.58. The zero-order valence-corrected chi connectivity index (χ0v) is 12.5. The molecule has 0 unspecified atom stereocenters. The van der Waals surface area contributed by atoms with Crippen LogP contribution in [0.5, 0.6) is 0 Å². The summed E-state index contributed by atoms with van der Waals surface area (Å²) in [5.74, 6) is -0.600. The first-order valence-corrected chi connectivity index (χ1v) is 7.79. The highest BCUT2D eigenvalue weighted by atomic mass is 32.2. The minimum absolute atomic E-state index is 0.0857. The third-order valence-corrected chi connectivity index (χ3v) is 4.31. The number of pyridine rings is 1. The van der Waals surface area contributed by atoms with Crippen LogP contribution >= 0.6 is 0 Å². The first-order valence-electron chi connectivity index (χ1n) is 6.31. The maximum Gasteiger partial charge on any atom is 0.262 e. The minimum Gasteiger partial charge on any atom is -0.316 e. The minimum atomic E-state index is -3.87. The normalized spacial score (nSPS) is 11.4. The molecule has 0 aliphatic heterocycles. The molecule has 0 fully saturated rings. The van der Waals surface area contributed by atoms with Gasteiger partial charge < -0.3 is 5.32 Å². The van der Waals surface area contributed by atoms with E-state index in [0.29, 0.717) is 17.8 Å². The monoisotopic (exact) mass is 309 g/mol. The van der Waals surface area contributed by atoms with Crippen molar-refractivity contribution in [3.63, 3.8) is 0 Å². The van der Waals surface area contributed by atoms with Gasteiger partial charge in [-0.3, -0.25) is 9.71 Å². The van der Waals surface area contributed by atoms with Gasteiger partial charge in [0, 0.05) is 12.2 Å². The van der Waals surface area contributed by atoms with Crippen molar-refractivity contribution in [1.82, 2.24) is 10.3 Å². The summed E-state index contributed by atoms with van der Waals surface area (Å²) in [5, 5.41) is 2.86. The topological polar surface area (TPSA) is 71.1 Å². The largest absolute Gasteiger partial charge is 0.316 e. The number of hydrogen-bond donors (Lipinski definition) is 2. The molecule has 0 radical (unpaired) electrons. The molecule has 0 saturated carbocycles. The maximum absolute atomic E-state index is 13.4. The summed E-state index contributed by atoms with van der Waals surface area (Å²) in [7, 11) is -2.18. The summed E-state index contributed by atoms with van der Waals surface area (Å²) in [5.41, 5.74) is 1.60. The molecule has 21 heavy (non-hydrogen) atoms. The lowest BCUT2D eigenvalue weighted by molar-refractivity contribution is 0.592. The third-order valence-electron chi connectivity index (χ3n) is 2.85. The molecule has 0 atom stereocenters. The Morgan fingerprint density at radius 2 is 2.00 bits per heavy atom. The van der Waals surface area contributed by atoms with Crippen LogP contribution in [0.3, 0.4) is 0 Å². The molecule has 0 spiro atoms. The quantitative estimate of drug-likeness (QED) is 0.887. The lowest BCUT2D eigenvalue weighted by Crippen LogP contribution is -2.17. The second kappa shape index (κ2) is 6.19. The molecule has 7 heteroatoms. The van der Waals surface area contributed by atoms with E-state index in [2.05, 4.69) is 15.0 Å². The van der Waals surface area contributed by atoms with E-state index in [1.165, 1.54) is 18.3 Å². The van der Waals surface area contributed by atoms with Gasteiger partial charge in [0.25, 0.3) is 10.0 Å². The molecule has 0 bridgehead atoms. The number of anilines is 1. The molecule has 1 heterocycles. The first-order chi connectivity index (χ1) is 9.92. The van der Waals surface area contributed by atoms with Crippen LogP contribution in [-0.4, -0.2) is 20.4 Å². The number of nitrogens with one attached hydrogen (secondary N) is 2. The molecule has 0 saturated heterocycles. The Labute approximate surface area is 123 Å². The van der Waals surface area contributed by atoms with E-state index in [9.17, 15) is 12.8 Å². The van der Waals surface area contributed by atoms with E-state index in [-0.39, 0.29) is 4.90 Å². The highest BCUT2D eigenvalue weighted by Gasteiger charge is 2.19. The van der Waals surface area contributed by atoms with Crippen LogP contribution in [0.15, 0.2) is 41.4 Å². The lowest BCUT2D eigenvalue weighted by Gasteiger charge is -2.12. The zero-order valence-electron chi connectivity index (χ0n) is 11.7. The van der Waals surface area contributed by atoms with Crippen molar-refractivity contribution >= 4 is 15.7 Å². The van der Waals surface area contributed by atoms with Crippen molar-refractivity contribution in [2.24, 2.45) is 0 Å². The fourth-order valence-corrected chi connectivity index (χ4v) is 3.15. The Kier molecular flexibility index (Phi) is 4.54. The number of aryl methyl sites for hydroxylation is 1. The predicted molar refractivity (Wildman–Crippen MR) is 78.9 cm³/mol. The number of sulfonamides is 1. The van der Waals surface area contributed by atoms with Gasteiger partial charge in [0.2, 0.25) is 0 Å². The van der Waals surface area contributed by atoms with Gasteiger partial charge in [0.15, 0.2) is 0 Å². The van der Waals surface area contributed by atoms with E-state index in [0.717, 1.165) is 11.8 Å². The van der Waals surface area contributed by atoms with Crippen LogP contribution in [0.2, 0.25) is 0 Å². The average Bonchev–Trinajstić information content (AvgIpc) is 2.43. The molecule has 0 aliphatic carbocycles. The molecule has 112 valence electrons. The van der Waals surface area contributed by atoms with E-state index < -0.39 is 15.8 Å². The molecular formula is C14H16FN3O2S.